The van der Waals surface area contributed by atoms with E-state index in [0.29, 0.717) is 18.3 Å². The molecule has 0 aromatic rings. The Morgan fingerprint density at radius 2 is 1.44 bits per heavy atom. The van der Waals surface area contributed by atoms with Crippen LogP contribution in [0.15, 0.2) is 0 Å². The summed E-state index contributed by atoms with van der Waals surface area (Å²) in [5, 5.41) is 0. The van der Waals surface area contributed by atoms with Gasteiger partial charge < -0.3 is 9.47 Å². The molecule has 5 atom stereocenters. The first-order valence-electron chi connectivity index (χ1n) is 12.6. The van der Waals surface area contributed by atoms with Crippen molar-refractivity contribution in [3.05, 3.63) is 0 Å². The maximum atomic E-state index is 13.6. The molecule has 1 aliphatic carbocycles. The summed E-state index contributed by atoms with van der Waals surface area (Å²) >= 11 is 0. The Labute approximate surface area is 198 Å². The van der Waals surface area contributed by atoms with E-state index >= 15 is 0 Å². The molecule has 0 spiro atoms. The maximum absolute atomic E-state index is 13.6. The monoisotopic (exact) mass is 452 g/mol. The highest BCUT2D eigenvalue weighted by atomic mass is 16.6. The molecule has 0 N–H and O–H groups in total. The molecule has 5 unspecified atom stereocenters. The highest BCUT2D eigenvalue weighted by molar-refractivity contribution is 5.78. The van der Waals surface area contributed by atoms with E-state index in [1.807, 2.05) is 27.7 Å². The van der Waals surface area contributed by atoms with Crippen LogP contribution in [0.2, 0.25) is 0 Å². The predicted molar refractivity (Wildman–Crippen MR) is 132 cm³/mol. The Morgan fingerprint density at radius 1 is 0.906 bits per heavy atom. The summed E-state index contributed by atoms with van der Waals surface area (Å²) in [7, 11) is 0. The Bertz CT molecular complexity index is 649. The summed E-state index contributed by atoms with van der Waals surface area (Å²) < 4.78 is 12.0. The van der Waals surface area contributed by atoms with E-state index in [9.17, 15) is 9.59 Å². The lowest BCUT2D eigenvalue weighted by Gasteiger charge is -2.44. The fourth-order valence-corrected chi connectivity index (χ4v) is 5.17. The molecule has 188 valence electrons. The van der Waals surface area contributed by atoms with Crippen LogP contribution < -0.4 is 0 Å². The van der Waals surface area contributed by atoms with Gasteiger partial charge in [0.25, 0.3) is 0 Å². The van der Waals surface area contributed by atoms with E-state index in [1.165, 1.54) is 0 Å². The van der Waals surface area contributed by atoms with Crippen molar-refractivity contribution in [2.75, 3.05) is 0 Å². The van der Waals surface area contributed by atoms with Crippen LogP contribution in [0.5, 0.6) is 0 Å². The zero-order chi connectivity index (χ0) is 25.3. The van der Waals surface area contributed by atoms with Crippen LogP contribution in [0.25, 0.3) is 0 Å². The number of esters is 2. The van der Waals surface area contributed by atoms with Crippen molar-refractivity contribution in [1.82, 2.24) is 0 Å². The zero-order valence-corrected chi connectivity index (χ0v) is 23.3. The number of ether oxygens (including phenoxy) is 2. The number of hydrogen-bond donors (Lipinski definition) is 0. The number of carbonyl (C=O) groups is 2. The Balaban J connectivity index is 3.22. The van der Waals surface area contributed by atoms with Crippen molar-refractivity contribution >= 4 is 11.9 Å². The van der Waals surface area contributed by atoms with E-state index < -0.39 is 16.4 Å². The normalized spacial score (nSPS) is 25.4. The molecule has 0 aliphatic heterocycles. The molecule has 0 aromatic carbocycles. The van der Waals surface area contributed by atoms with Gasteiger partial charge in [0.15, 0.2) is 0 Å². The largest absolute Gasteiger partial charge is 0.462 e. The summed E-state index contributed by atoms with van der Waals surface area (Å²) in [6, 6.07) is 0. The second-order valence-corrected chi connectivity index (χ2v) is 14.1. The first-order chi connectivity index (χ1) is 14.2. The molecule has 0 amide bonds. The molecule has 0 heterocycles. The van der Waals surface area contributed by atoms with Crippen LogP contribution in [-0.2, 0) is 19.1 Å². The molecule has 32 heavy (non-hydrogen) atoms. The third-order valence-corrected chi connectivity index (χ3v) is 7.32. The van der Waals surface area contributed by atoms with Gasteiger partial charge in [0.2, 0.25) is 0 Å². The lowest BCUT2D eigenvalue weighted by molar-refractivity contribution is -0.176. The molecule has 0 saturated heterocycles. The molecular weight excluding hydrogens is 400 g/mol. The van der Waals surface area contributed by atoms with Crippen LogP contribution >= 0.6 is 0 Å². The number of carbonyl (C=O) groups excluding carboxylic acids is 2. The van der Waals surface area contributed by atoms with Crippen molar-refractivity contribution in [2.45, 2.75) is 127 Å². The van der Waals surface area contributed by atoms with Gasteiger partial charge in [0, 0.05) is 0 Å². The van der Waals surface area contributed by atoms with Gasteiger partial charge in [0.1, 0.15) is 11.7 Å². The standard InChI is InChI=1S/C28H52O4/c1-18(2)28(13,24(30)32-26(8,9)10)17-27(11,12)21(16-25(5,6)7)23(29)31-22-15-19(3)14-20(22)4/h18-22H,14-17H2,1-13H3. The molecule has 4 heteroatoms. The van der Waals surface area contributed by atoms with Gasteiger partial charge in [-0.3, -0.25) is 9.59 Å². The second-order valence-electron chi connectivity index (χ2n) is 14.1. The fourth-order valence-electron chi connectivity index (χ4n) is 5.17. The third-order valence-electron chi connectivity index (χ3n) is 7.32. The van der Waals surface area contributed by atoms with Crippen LogP contribution in [0, 0.1) is 39.9 Å². The molecule has 1 rings (SSSR count). The van der Waals surface area contributed by atoms with Gasteiger partial charge in [-0.05, 0) is 82.0 Å². The quantitative estimate of drug-likeness (QED) is 0.359. The van der Waals surface area contributed by atoms with E-state index in [-0.39, 0.29) is 35.3 Å². The predicted octanol–water partition coefficient (Wildman–Crippen LogP) is 7.44. The summed E-state index contributed by atoms with van der Waals surface area (Å²) in [6.07, 6.45) is 3.34. The van der Waals surface area contributed by atoms with Crippen molar-refractivity contribution in [1.29, 1.82) is 0 Å². The Hall–Kier alpha value is -1.06. The van der Waals surface area contributed by atoms with E-state index in [0.717, 1.165) is 19.3 Å². The first kappa shape index (κ1) is 29.0. The first-order valence-corrected chi connectivity index (χ1v) is 12.6. The van der Waals surface area contributed by atoms with Gasteiger partial charge in [0.05, 0.1) is 11.3 Å². The minimum Gasteiger partial charge on any atom is -0.462 e. The average Bonchev–Trinajstić information content (AvgIpc) is 2.86. The molecule has 0 bridgehead atoms. The number of hydrogen-bond acceptors (Lipinski definition) is 4. The molecular formula is C28H52O4. The van der Waals surface area contributed by atoms with E-state index in [1.54, 1.807) is 0 Å². The highest BCUT2D eigenvalue weighted by Gasteiger charge is 2.49. The molecule has 1 aliphatic rings. The van der Waals surface area contributed by atoms with E-state index in [2.05, 4.69) is 62.3 Å². The van der Waals surface area contributed by atoms with Gasteiger partial charge in [-0.25, -0.2) is 0 Å². The highest BCUT2D eigenvalue weighted by Crippen LogP contribution is 2.48. The topological polar surface area (TPSA) is 52.6 Å². The van der Waals surface area contributed by atoms with Crippen LogP contribution in [0.3, 0.4) is 0 Å². The number of rotatable bonds is 8. The summed E-state index contributed by atoms with van der Waals surface area (Å²) in [5.41, 5.74) is -1.69. The average molecular weight is 453 g/mol. The zero-order valence-electron chi connectivity index (χ0n) is 23.3. The molecule has 1 saturated carbocycles. The summed E-state index contributed by atoms with van der Waals surface area (Å²) in [6.45, 7) is 27.0. The lowest BCUT2D eigenvalue weighted by Crippen LogP contribution is -2.46. The smallest absolute Gasteiger partial charge is 0.312 e. The van der Waals surface area contributed by atoms with Crippen LogP contribution in [0.1, 0.15) is 116 Å². The van der Waals surface area contributed by atoms with Gasteiger partial charge >= 0.3 is 11.9 Å². The van der Waals surface area contributed by atoms with Gasteiger partial charge in [-0.15, -0.1) is 0 Å². The minimum atomic E-state index is -0.692. The second kappa shape index (κ2) is 10.1. The van der Waals surface area contributed by atoms with E-state index in [4.69, 9.17) is 9.47 Å². The van der Waals surface area contributed by atoms with Crippen LogP contribution in [0.4, 0.5) is 0 Å². The SMILES string of the molecule is CC1CC(C)C(OC(=O)C(CC(C)(C)C)C(C)(C)CC(C)(C(=O)OC(C)(C)C)C(C)C)C1. The molecule has 1 fully saturated rings. The fraction of sp³-hybridized carbons (Fsp3) is 0.929. The maximum Gasteiger partial charge on any atom is 0.312 e. The van der Waals surface area contributed by atoms with Crippen LogP contribution in [-0.4, -0.2) is 23.6 Å². The lowest BCUT2D eigenvalue weighted by atomic mass is 9.61. The van der Waals surface area contributed by atoms with Crippen molar-refractivity contribution in [3.8, 4) is 0 Å². The van der Waals surface area contributed by atoms with Gasteiger partial charge in [-0.2, -0.15) is 0 Å². The van der Waals surface area contributed by atoms with Crippen molar-refractivity contribution < 1.29 is 19.1 Å². The third kappa shape index (κ3) is 8.06. The molecule has 0 radical (unpaired) electrons. The molecule has 0 aromatic heterocycles. The van der Waals surface area contributed by atoms with Crippen molar-refractivity contribution in [2.24, 2.45) is 39.9 Å². The summed E-state index contributed by atoms with van der Waals surface area (Å²) in [4.78, 5) is 26.9. The Morgan fingerprint density at radius 3 is 1.81 bits per heavy atom. The molecule has 4 nitrogen and oxygen atoms in total. The Kier molecular flexibility index (Phi) is 9.10. The van der Waals surface area contributed by atoms with Crippen molar-refractivity contribution in [3.63, 3.8) is 0 Å². The van der Waals surface area contributed by atoms with Gasteiger partial charge in [-0.1, -0.05) is 62.3 Å². The summed E-state index contributed by atoms with van der Waals surface area (Å²) in [5.74, 6) is 0.494. The minimum absolute atomic E-state index is 0.00175.